The van der Waals surface area contributed by atoms with Crippen LogP contribution in [-0.2, 0) is 9.59 Å². The van der Waals surface area contributed by atoms with Crippen molar-refractivity contribution >= 4 is 51.5 Å². The third kappa shape index (κ3) is 5.95. The third-order valence-corrected chi connectivity index (χ3v) is 7.31. The summed E-state index contributed by atoms with van der Waals surface area (Å²) in [6.45, 7) is 0.973. The van der Waals surface area contributed by atoms with Crippen molar-refractivity contribution < 1.29 is 27.9 Å². The number of benzene rings is 3. The van der Waals surface area contributed by atoms with Gasteiger partial charge in [0.2, 0.25) is 5.91 Å². The van der Waals surface area contributed by atoms with E-state index >= 15 is 0 Å². The fourth-order valence-corrected chi connectivity index (χ4v) is 4.95. The summed E-state index contributed by atoms with van der Waals surface area (Å²) < 4.78 is 41.5. The van der Waals surface area contributed by atoms with Crippen molar-refractivity contribution in [2.24, 2.45) is 11.8 Å². The molecule has 2 N–H and O–H groups in total. The molecule has 0 bridgehead atoms. The van der Waals surface area contributed by atoms with E-state index in [0.717, 1.165) is 25.2 Å². The number of rotatable bonds is 8. The number of halogens is 5. The summed E-state index contributed by atoms with van der Waals surface area (Å²) in [6, 6.07) is 14.6. The molecule has 0 saturated heterocycles. The first-order chi connectivity index (χ1) is 16.9. The van der Waals surface area contributed by atoms with Gasteiger partial charge in [-0.2, -0.15) is 13.2 Å². The second-order valence-corrected chi connectivity index (χ2v) is 10.2. The van der Waals surface area contributed by atoms with Gasteiger partial charge >= 0.3 is 12.1 Å². The molecule has 1 aliphatic carbocycles. The first-order valence-electron chi connectivity index (χ1n) is 11.5. The fraction of sp³-hybridized carbons (Fsp3) is 0.333. The molecule has 3 aromatic rings. The van der Waals surface area contributed by atoms with Gasteiger partial charge in [-0.15, -0.1) is 0 Å². The Balaban J connectivity index is 1.69. The molecule has 1 aliphatic rings. The number of fused-ring (bicyclic) bond motifs is 1. The van der Waals surface area contributed by atoms with Gasteiger partial charge in [0.25, 0.3) is 0 Å². The number of carboxylic acids is 1. The zero-order valence-corrected chi connectivity index (χ0v) is 20.8. The van der Waals surface area contributed by atoms with Crippen molar-refractivity contribution in [2.45, 2.75) is 44.2 Å². The van der Waals surface area contributed by atoms with Gasteiger partial charge in [-0.05, 0) is 70.8 Å². The molecule has 3 aromatic carbocycles. The van der Waals surface area contributed by atoms with Crippen LogP contribution in [0.3, 0.4) is 0 Å². The molecule has 0 aromatic heterocycles. The minimum atomic E-state index is -4.63. The number of alkyl halides is 3. The number of amides is 1. The van der Waals surface area contributed by atoms with Crippen LogP contribution in [-0.4, -0.2) is 23.2 Å². The van der Waals surface area contributed by atoms with Gasteiger partial charge in [0, 0.05) is 5.02 Å². The normalized spacial score (nSPS) is 16.4. The number of carbonyl (C=O) groups is 2. The highest BCUT2D eigenvalue weighted by Gasteiger charge is 2.45. The van der Waals surface area contributed by atoms with Crippen LogP contribution in [0, 0.1) is 11.8 Å². The van der Waals surface area contributed by atoms with Crippen LogP contribution in [0.25, 0.3) is 10.8 Å². The summed E-state index contributed by atoms with van der Waals surface area (Å²) >= 11 is 12.4. The van der Waals surface area contributed by atoms with Gasteiger partial charge in [0.05, 0.1) is 29.0 Å². The van der Waals surface area contributed by atoms with Crippen LogP contribution < -0.4 is 5.32 Å². The Morgan fingerprint density at radius 1 is 1.00 bits per heavy atom. The smallest absolute Gasteiger partial charge is 0.392 e. The minimum Gasteiger partial charge on any atom is -0.481 e. The molecule has 3 atom stereocenters. The maximum atomic E-state index is 13.8. The van der Waals surface area contributed by atoms with Crippen LogP contribution in [0.2, 0.25) is 10.0 Å². The second kappa shape index (κ2) is 10.3. The number of nitrogens with one attached hydrogen (secondary N) is 1. The van der Waals surface area contributed by atoms with Crippen LogP contribution in [0.15, 0.2) is 54.6 Å². The molecule has 4 nitrogen and oxygen atoms in total. The monoisotopic (exact) mass is 537 g/mol. The molecule has 9 heteroatoms. The van der Waals surface area contributed by atoms with E-state index in [4.69, 9.17) is 23.2 Å². The van der Waals surface area contributed by atoms with Crippen molar-refractivity contribution in [1.29, 1.82) is 0 Å². The summed E-state index contributed by atoms with van der Waals surface area (Å²) in [5.74, 6) is -5.38. The predicted molar refractivity (Wildman–Crippen MR) is 135 cm³/mol. The molecule has 1 amide bonds. The molecular formula is C27H24Cl2F3NO3. The average Bonchev–Trinajstić information content (AvgIpc) is 3.63. The summed E-state index contributed by atoms with van der Waals surface area (Å²) in [5, 5.41) is 13.9. The summed E-state index contributed by atoms with van der Waals surface area (Å²) in [7, 11) is 0. The van der Waals surface area contributed by atoms with Gasteiger partial charge in [-0.1, -0.05) is 60.5 Å². The van der Waals surface area contributed by atoms with Crippen molar-refractivity contribution in [3.63, 3.8) is 0 Å². The Bertz CT molecular complexity index is 1310. The predicted octanol–water partition coefficient (Wildman–Crippen LogP) is 8.04. The molecule has 190 valence electrons. The number of carbonyl (C=O) groups excluding carboxylic acids is 1. The molecule has 0 aliphatic heterocycles. The van der Waals surface area contributed by atoms with Gasteiger partial charge in [0.1, 0.15) is 0 Å². The maximum Gasteiger partial charge on any atom is 0.392 e. The Morgan fingerprint density at radius 2 is 1.67 bits per heavy atom. The van der Waals surface area contributed by atoms with E-state index in [2.05, 4.69) is 5.32 Å². The average molecular weight is 538 g/mol. The van der Waals surface area contributed by atoms with Crippen LogP contribution in [0.4, 0.5) is 18.9 Å². The SMILES string of the molecule is C[C@H](C(C(=O)Nc1cc([C@@H](CC(=O)O)C2CC2)ccc1Cl)c1ccc2ccc(Cl)cc2c1)C(F)(F)F. The highest BCUT2D eigenvalue weighted by molar-refractivity contribution is 6.33. The van der Waals surface area contributed by atoms with Gasteiger partial charge in [-0.3, -0.25) is 9.59 Å². The van der Waals surface area contributed by atoms with Gasteiger partial charge in [-0.25, -0.2) is 0 Å². The van der Waals surface area contributed by atoms with E-state index in [1.807, 2.05) is 0 Å². The van der Waals surface area contributed by atoms with Crippen LogP contribution in [0.1, 0.15) is 49.1 Å². The molecule has 1 fully saturated rings. The molecule has 0 spiro atoms. The summed E-state index contributed by atoms with van der Waals surface area (Å²) in [4.78, 5) is 24.7. The molecule has 1 saturated carbocycles. The van der Waals surface area contributed by atoms with E-state index in [1.54, 1.807) is 42.5 Å². The zero-order chi connectivity index (χ0) is 26.2. The largest absolute Gasteiger partial charge is 0.481 e. The van der Waals surface area contributed by atoms with E-state index in [-0.39, 0.29) is 34.5 Å². The van der Waals surface area contributed by atoms with E-state index in [1.165, 1.54) is 12.1 Å². The Labute approximate surface area is 216 Å². The standard InChI is InChI=1S/C27H24Cl2F3NO3/c1-14(27(30,31)32)25(18-5-2-15-6-8-20(28)11-19(15)10-18)26(36)33-23-12-17(7-9-22(23)29)21(13-24(34)35)16-3-4-16/h2,5-12,14,16,21,25H,3-4,13H2,1H3,(H,33,36)(H,34,35)/t14-,21+,25?/m1/s1. The quantitative estimate of drug-likeness (QED) is 0.305. The van der Waals surface area contributed by atoms with Crippen molar-refractivity contribution in [1.82, 2.24) is 0 Å². The summed E-state index contributed by atoms with van der Waals surface area (Å²) in [6.07, 6.45) is -2.90. The Morgan fingerprint density at radius 3 is 2.31 bits per heavy atom. The lowest BCUT2D eigenvalue weighted by molar-refractivity contribution is -0.178. The number of aliphatic carboxylic acids is 1. The summed E-state index contributed by atoms with van der Waals surface area (Å²) in [5.41, 5.74) is 1.03. The maximum absolute atomic E-state index is 13.8. The van der Waals surface area contributed by atoms with Crippen molar-refractivity contribution in [2.75, 3.05) is 5.32 Å². The lowest BCUT2D eigenvalue weighted by Crippen LogP contribution is -2.34. The molecule has 36 heavy (non-hydrogen) atoms. The molecule has 0 heterocycles. The van der Waals surface area contributed by atoms with E-state index < -0.39 is 29.9 Å². The molecule has 0 radical (unpaired) electrons. The van der Waals surface area contributed by atoms with E-state index in [0.29, 0.717) is 16.0 Å². The number of anilines is 1. The first-order valence-corrected chi connectivity index (χ1v) is 12.3. The molecule has 1 unspecified atom stereocenters. The second-order valence-electron chi connectivity index (χ2n) is 9.33. The number of carboxylic acid groups (broad SMARTS) is 1. The van der Waals surface area contributed by atoms with Crippen molar-refractivity contribution in [3.8, 4) is 0 Å². The molecule has 4 rings (SSSR count). The highest BCUT2D eigenvalue weighted by atomic mass is 35.5. The van der Waals surface area contributed by atoms with E-state index in [9.17, 15) is 27.9 Å². The number of hydrogen-bond acceptors (Lipinski definition) is 2. The zero-order valence-electron chi connectivity index (χ0n) is 19.3. The van der Waals surface area contributed by atoms with Crippen molar-refractivity contribution in [3.05, 3.63) is 75.8 Å². The highest BCUT2D eigenvalue weighted by Crippen LogP contribution is 2.46. The minimum absolute atomic E-state index is 0.0763. The lowest BCUT2D eigenvalue weighted by atomic mass is 9.84. The Hall–Kier alpha value is -2.77. The van der Waals surface area contributed by atoms with Crippen LogP contribution in [0.5, 0.6) is 0 Å². The Kier molecular flexibility index (Phi) is 7.53. The number of hydrogen-bond donors (Lipinski definition) is 2. The third-order valence-electron chi connectivity index (χ3n) is 6.75. The molecular weight excluding hydrogens is 514 g/mol. The first kappa shape index (κ1) is 26.3. The van der Waals surface area contributed by atoms with Gasteiger partial charge < -0.3 is 10.4 Å². The van der Waals surface area contributed by atoms with Gasteiger partial charge in [0.15, 0.2) is 0 Å². The topological polar surface area (TPSA) is 66.4 Å². The lowest BCUT2D eigenvalue weighted by Gasteiger charge is -2.26. The van der Waals surface area contributed by atoms with Crippen LogP contribution >= 0.6 is 23.2 Å². The fourth-order valence-electron chi connectivity index (χ4n) is 4.61.